The first-order valence-electron chi connectivity index (χ1n) is 4.71. The van der Waals surface area contributed by atoms with Crippen LogP contribution in [-0.4, -0.2) is 6.54 Å². The largest absolute Gasteiger partial charge is 0.397 e. The zero-order valence-electron chi connectivity index (χ0n) is 8.48. The maximum Gasteiger partial charge on any atom is 0.0576 e. The maximum absolute atomic E-state index is 5.76. The standard InChI is InChI=1S/C13H14N2/c1-2-3-4-5-8-11-15-13-10-7-6-9-12(13)14/h1,3-10,15H,11,14H2/b4-3-,8-5-. The smallest absolute Gasteiger partial charge is 0.0576 e. The molecule has 1 rings (SSSR count). The van der Waals surface area contributed by atoms with Gasteiger partial charge in [0.05, 0.1) is 11.4 Å². The van der Waals surface area contributed by atoms with Crippen LogP contribution in [-0.2, 0) is 0 Å². The first-order chi connectivity index (χ1) is 7.34. The van der Waals surface area contributed by atoms with Gasteiger partial charge in [0.25, 0.3) is 0 Å². The molecular weight excluding hydrogens is 184 g/mol. The third-order valence-corrected chi connectivity index (χ3v) is 1.81. The summed E-state index contributed by atoms with van der Waals surface area (Å²) >= 11 is 0. The van der Waals surface area contributed by atoms with Gasteiger partial charge in [-0.3, -0.25) is 0 Å². The zero-order chi connectivity index (χ0) is 10.9. The fraction of sp³-hybridized carbons (Fsp3) is 0.0769. The number of nitrogens with two attached hydrogens (primary N) is 1. The molecule has 2 nitrogen and oxygen atoms in total. The van der Waals surface area contributed by atoms with Crippen molar-refractivity contribution in [3.63, 3.8) is 0 Å². The molecule has 15 heavy (non-hydrogen) atoms. The van der Waals surface area contributed by atoms with E-state index in [0.717, 1.165) is 17.9 Å². The molecule has 3 N–H and O–H groups in total. The normalized spacial score (nSPS) is 10.6. The van der Waals surface area contributed by atoms with Crippen molar-refractivity contribution in [3.05, 3.63) is 48.6 Å². The highest BCUT2D eigenvalue weighted by molar-refractivity contribution is 5.65. The summed E-state index contributed by atoms with van der Waals surface area (Å²) in [6.45, 7) is 0.725. The third-order valence-electron chi connectivity index (χ3n) is 1.81. The summed E-state index contributed by atoms with van der Waals surface area (Å²) in [6, 6.07) is 7.66. The maximum atomic E-state index is 5.76. The van der Waals surface area contributed by atoms with Gasteiger partial charge in [-0.2, -0.15) is 0 Å². The van der Waals surface area contributed by atoms with Crippen LogP contribution in [0.5, 0.6) is 0 Å². The van der Waals surface area contributed by atoms with Crippen LogP contribution in [0.3, 0.4) is 0 Å². The highest BCUT2D eigenvalue weighted by Crippen LogP contribution is 2.15. The van der Waals surface area contributed by atoms with E-state index in [1.165, 1.54) is 0 Å². The summed E-state index contributed by atoms with van der Waals surface area (Å²) in [6.07, 6.45) is 12.4. The fourth-order valence-electron chi connectivity index (χ4n) is 1.08. The van der Waals surface area contributed by atoms with Crippen LogP contribution in [0.1, 0.15) is 0 Å². The SMILES string of the molecule is C#C/C=C\C=C/CNc1ccccc1N. The van der Waals surface area contributed by atoms with Gasteiger partial charge in [0, 0.05) is 6.54 Å². The number of terminal acetylenes is 1. The van der Waals surface area contributed by atoms with Crippen molar-refractivity contribution in [2.75, 3.05) is 17.6 Å². The molecule has 0 heterocycles. The highest BCUT2D eigenvalue weighted by Gasteiger charge is 1.92. The molecule has 1 aromatic rings. The van der Waals surface area contributed by atoms with Crippen LogP contribution in [0.15, 0.2) is 48.6 Å². The van der Waals surface area contributed by atoms with Gasteiger partial charge in [0.2, 0.25) is 0 Å². The van der Waals surface area contributed by atoms with Crippen LogP contribution < -0.4 is 11.1 Å². The summed E-state index contributed by atoms with van der Waals surface area (Å²) in [5.41, 5.74) is 7.46. The second kappa shape index (κ2) is 6.33. The Labute approximate surface area is 90.5 Å². The predicted molar refractivity (Wildman–Crippen MR) is 66.5 cm³/mol. The van der Waals surface area contributed by atoms with E-state index in [1.807, 2.05) is 42.5 Å². The summed E-state index contributed by atoms with van der Waals surface area (Å²) < 4.78 is 0. The summed E-state index contributed by atoms with van der Waals surface area (Å²) in [5.74, 6) is 2.41. The lowest BCUT2D eigenvalue weighted by Gasteiger charge is -2.05. The number of hydrogen-bond acceptors (Lipinski definition) is 2. The van der Waals surface area contributed by atoms with Gasteiger partial charge >= 0.3 is 0 Å². The minimum Gasteiger partial charge on any atom is -0.397 e. The molecule has 0 fully saturated rings. The summed E-state index contributed by atoms with van der Waals surface area (Å²) in [5, 5.41) is 3.19. The molecule has 0 atom stereocenters. The van der Waals surface area contributed by atoms with E-state index in [9.17, 15) is 0 Å². The number of anilines is 2. The Morgan fingerprint density at radius 1 is 1.33 bits per heavy atom. The number of para-hydroxylation sites is 2. The zero-order valence-corrected chi connectivity index (χ0v) is 8.48. The molecule has 0 aliphatic rings. The number of benzene rings is 1. The van der Waals surface area contributed by atoms with Gasteiger partial charge in [-0.1, -0.05) is 36.3 Å². The van der Waals surface area contributed by atoms with Crippen LogP contribution in [0.25, 0.3) is 0 Å². The molecule has 1 aromatic carbocycles. The number of allylic oxidation sites excluding steroid dienone is 3. The number of hydrogen-bond donors (Lipinski definition) is 2. The molecule has 0 saturated carbocycles. The van der Waals surface area contributed by atoms with Crippen molar-refractivity contribution in [2.24, 2.45) is 0 Å². The van der Waals surface area contributed by atoms with Crippen molar-refractivity contribution in [1.29, 1.82) is 0 Å². The van der Waals surface area contributed by atoms with E-state index in [1.54, 1.807) is 6.08 Å². The number of rotatable bonds is 4. The lowest BCUT2D eigenvalue weighted by atomic mass is 10.2. The second-order valence-electron chi connectivity index (χ2n) is 2.92. The van der Waals surface area contributed by atoms with Crippen molar-refractivity contribution >= 4 is 11.4 Å². The Bertz CT molecular complexity index is 397. The molecular formula is C13H14N2. The molecule has 76 valence electrons. The predicted octanol–water partition coefficient (Wildman–Crippen LogP) is 2.43. The topological polar surface area (TPSA) is 38.0 Å². The molecule has 0 amide bonds. The van der Waals surface area contributed by atoms with Gasteiger partial charge in [0.1, 0.15) is 0 Å². The minimum atomic E-state index is 0.725. The lowest BCUT2D eigenvalue weighted by molar-refractivity contribution is 1.34. The Hall–Kier alpha value is -2.14. The van der Waals surface area contributed by atoms with E-state index in [0.29, 0.717) is 0 Å². The van der Waals surface area contributed by atoms with E-state index < -0.39 is 0 Å². The first-order valence-corrected chi connectivity index (χ1v) is 4.71. The summed E-state index contributed by atoms with van der Waals surface area (Å²) in [4.78, 5) is 0. The van der Waals surface area contributed by atoms with Crippen molar-refractivity contribution in [1.82, 2.24) is 0 Å². The van der Waals surface area contributed by atoms with E-state index in [2.05, 4.69) is 11.2 Å². The van der Waals surface area contributed by atoms with Gasteiger partial charge in [-0.05, 0) is 18.2 Å². The molecule has 0 aliphatic carbocycles. The Kier molecular flexibility index (Phi) is 4.62. The van der Waals surface area contributed by atoms with Crippen LogP contribution in [0.2, 0.25) is 0 Å². The quantitative estimate of drug-likeness (QED) is 0.443. The van der Waals surface area contributed by atoms with Gasteiger partial charge in [-0.25, -0.2) is 0 Å². The highest BCUT2D eigenvalue weighted by atomic mass is 14.9. The molecule has 0 unspecified atom stereocenters. The summed E-state index contributed by atoms with van der Waals surface area (Å²) in [7, 11) is 0. The van der Waals surface area contributed by atoms with Gasteiger partial charge in [-0.15, -0.1) is 6.42 Å². The molecule has 0 saturated heterocycles. The molecule has 2 heteroatoms. The first kappa shape index (κ1) is 10.9. The van der Waals surface area contributed by atoms with Crippen LogP contribution in [0.4, 0.5) is 11.4 Å². The molecule has 0 spiro atoms. The fourth-order valence-corrected chi connectivity index (χ4v) is 1.08. The van der Waals surface area contributed by atoms with Crippen LogP contribution >= 0.6 is 0 Å². The van der Waals surface area contributed by atoms with Gasteiger partial charge < -0.3 is 11.1 Å². The molecule has 0 radical (unpaired) electrons. The van der Waals surface area contributed by atoms with Crippen molar-refractivity contribution in [2.45, 2.75) is 0 Å². The average Bonchev–Trinajstić information content (AvgIpc) is 2.25. The number of nitrogen functional groups attached to an aromatic ring is 1. The lowest BCUT2D eigenvalue weighted by Crippen LogP contribution is -2.01. The minimum absolute atomic E-state index is 0.725. The Morgan fingerprint density at radius 3 is 2.87 bits per heavy atom. The third kappa shape index (κ3) is 4.06. The monoisotopic (exact) mass is 198 g/mol. The van der Waals surface area contributed by atoms with E-state index in [4.69, 9.17) is 12.2 Å². The van der Waals surface area contributed by atoms with Crippen molar-refractivity contribution < 1.29 is 0 Å². The van der Waals surface area contributed by atoms with E-state index >= 15 is 0 Å². The second-order valence-corrected chi connectivity index (χ2v) is 2.92. The van der Waals surface area contributed by atoms with Crippen LogP contribution in [0, 0.1) is 12.3 Å². The Morgan fingerprint density at radius 2 is 2.13 bits per heavy atom. The average molecular weight is 198 g/mol. The molecule has 0 bridgehead atoms. The Balaban J connectivity index is 2.39. The number of nitrogens with one attached hydrogen (secondary N) is 1. The van der Waals surface area contributed by atoms with Gasteiger partial charge in [0.15, 0.2) is 0 Å². The molecule has 0 aliphatic heterocycles. The van der Waals surface area contributed by atoms with Crippen molar-refractivity contribution in [3.8, 4) is 12.3 Å². The van der Waals surface area contributed by atoms with E-state index in [-0.39, 0.29) is 0 Å². The molecule has 0 aromatic heterocycles.